The van der Waals surface area contributed by atoms with Gasteiger partial charge in [-0.1, -0.05) is 42.5 Å². The molecule has 2 aromatic rings. The van der Waals surface area contributed by atoms with Crippen molar-refractivity contribution in [1.82, 2.24) is 5.32 Å². The lowest BCUT2D eigenvalue weighted by atomic mass is 10.2. The molecule has 0 aromatic heterocycles. The highest BCUT2D eigenvalue weighted by Crippen LogP contribution is 2.15. The second kappa shape index (κ2) is 8.64. The predicted octanol–water partition coefficient (Wildman–Crippen LogP) is 2.35. The smallest absolute Gasteiger partial charge is 0.244 e. The van der Waals surface area contributed by atoms with Crippen molar-refractivity contribution in [3.63, 3.8) is 0 Å². The summed E-state index contributed by atoms with van der Waals surface area (Å²) in [6.07, 6.45) is 3.25. The van der Waals surface area contributed by atoms with Gasteiger partial charge in [0.1, 0.15) is 12.4 Å². The highest BCUT2D eigenvalue weighted by atomic mass is 16.5. The summed E-state index contributed by atoms with van der Waals surface area (Å²) in [5.41, 5.74) is 7.39. The van der Waals surface area contributed by atoms with E-state index in [0.717, 1.165) is 16.9 Å². The maximum absolute atomic E-state index is 11.4. The van der Waals surface area contributed by atoms with E-state index in [4.69, 9.17) is 10.5 Å². The first-order chi connectivity index (χ1) is 10.8. The van der Waals surface area contributed by atoms with E-state index >= 15 is 0 Å². The number of ether oxygens (including phenoxy) is 1. The third-order valence-corrected chi connectivity index (χ3v) is 3.00. The summed E-state index contributed by atoms with van der Waals surface area (Å²) in [5, 5.41) is 2.68. The van der Waals surface area contributed by atoms with Gasteiger partial charge in [-0.05, 0) is 29.3 Å². The second-order valence-electron chi connectivity index (χ2n) is 4.76. The molecule has 0 saturated heterocycles. The number of nitrogens with two attached hydrogens (primary N) is 1. The molecule has 0 aliphatic rings. The Labute approximate surface area is 130 Å². The molecule has 0 heterocycles. The number of hydrogen-bond acceptors (Lipinski definition) is 3. The Balaban J connectivity index is 1.85. The second-order valence-corrected chi connectivity index (χ2v) is 4.76. The van der Waals surface area contributed by atoms with E-state index in [0.29, 0.717) is 19.7 Å². The van der Waals surface area contributed by atoms with Gasteiger partial charge in [-0.25, -0.2) is 0 Å². The maximum atomic E-state index is 11.4. The van der Waals surface area contributed by atoms with Gasteiger partial charge in [-0.15, -0.1) is 0 Å². The number of carbonyl (C=O) groups is 1. The van der Waals surface area contributed by atoms with Gasteiger partial charge in [0.2, 0.25) is 5.91 Å². The normalized spacial score (nSPS) is 10.6. The van der Waals surface area contributed by atoms with E-state index in [-0.39, 0.29) is 5.91 Å². The minimum atomic E-state index is -0.144. The molecule has 3 N–H and O–H groups in total. The van der Waals surface area contributed by atoms with Crippen LogP contribution in [-0.4, -0.2) is 19.0 Å². The molecular weight excluding hydrogens is 276 g/mol. The Morgan fingerprint density at radius 2 is 1.82 bits per heavy atom. The van der Waals surface area contributed by atoms with E-state index in [1.807, 2.05) is 54.6 Å². The minimum Gasteiger partial charge on any atom is -0.489 e. The van der Waals surface area contributed by atoms with Crippen LogP contribution in [-0.2, 0) is 11.4 Å². The summed E-state index contributed by atoms with van der Waals surface area (Å²) < 4.78 is 5.71. The SMILES string of the molecule is NCCNC(=O)/C=C/c1ccc(OCc2ccccc2)cc1. The zero-order valence-corrected chi connectivity index (χ0v) is 12.4. The number of nitrogens with one attached hydrogen (secondary N) is 1. The Kier molecular flexibility index (Phi) is 6.20. The molecule has 0 spiro atoms. The molecule has 0 aliphatic carbocycles. The molecule has 0 aliphatic heterocycles. The summed E-state index contributed by atoms with van der Waals surface area (Å²) >= 11 is 0. The van der Waals surface area contributed by atoms with Crippen LogP contribution in [0.3, 0.4) is 0 Å². The number of rotatable bonds is 7. The van der Waals surface area contributed by atoms with Crippen molar-refractivity contribution in [1.29, 1.82) is 0 Å². The van der Waals surface area contributed by atoms with Crippen molar-refractivity contribution in [2.45, 2.75) is 6.61 Å². The summed E-state index contributed by atoms with van der Waals surface area (Å²) in [4.78, 5) is 11.4. The fourth-order valence-corrected chi connectivity index (χ4v) is 1.84. The average Bonchev–Trinajstić information content (AvgIpc) is 2.58. The van der Waals surface area contributed by atoms with E-state index in [2.05, 4.69) is 5.32 Å². The first-order valence-corrected chi connectivity index (χ1v) is 7.21. The van der Waals surface area contributed by atoms with Gasteiger partial charge in [0.05, 0.1) is 0 Å². The van der Waals surface area contributed by atoms with Crippen LogP contribution in [0.15, 0.2) is 60.7 Å². The van der Waals surface area contributed by atoms with Crippen LogP contribution in [0.1, 0.15) is 11.1 Å². The molecule has 22 heavy (non-hydrogen) atoms. The number of hydrogen-bond donors (Lipinski definition) is 2. The molecule has 0 saturated carbocycles. The average molecular weight is 296 g/mol. The van der Waals surface area contributed by atoms with Crippen molar-refractivity contribution in [3.05, 3.63) is 71.8 Å². The van der Waals surface area contributed by atoms with Crippen LogP contribution in [0.5, 0.6) is 5.75 Å². The van der Waals surface area contributed by atoms with Crippen LogP contribution in [0.4, 0.5) is 0 Å². The Morgan fingerprint density at radius 3 is 2.50 bits per heavy atom. The highest BCUT2D eigenvalue weighted by molar-refractivity contribution is 5.91. The van der Waals surface area contributed by atoms with E-state index in [9.17, 15) is 4.79 Å². The lowest BCUT2D eigenvalue weighted by Crippen LogP contribution is -2.27. The quantitative estimate of drug-likeness (QED) is 0.771. The summed E-state index contributed by atoms with van der Waals surface area (Å²) in [6.45, 7) is 1.46. The minimum absolute atomic E-state index is 0.144. The van der Waals surface area contributed by atoms with Crippen molar-refractivity contribution in [2.24, 2.45) is 5.73 Å². The molecule has 0 bridgehead atoms. The fraction of sp³-hybridized carbons (Fsp3) is 0.167. The van der Waals surface area contributed by atoms with Crippen LogP contribution in [0, 0.1) is 0 Å². The monoisotopic (exact) mass is 296 g/mol. The van der Waals surface area contributed by atoms with Gasteiger partial charge >= 0.3 is 0 Å². The van der Waals surface area contributed by atoms with Gasteiger partial charge in [0.25, 0.3) is 0 Å². The highest BCUT2D eigenvalue weighted by Gasteiger charge is 1.97. The van der Waals surface area contributed by atoms with Crippen molar-refractivity contribution in [2.75, 3.05) is 13.1 Å². The molecule has 0 atom stereocenters. The largest absolute Gasteiger partial charge is 0.489 e. The molecule has 0 unspecified atom stereocenters. The fourth-order valence-electron chi connectivity index (χ4n) is 1.84. The standard InChI is InChI=1S/C18H20N2O2/c19-12-13-20-18(21)11-8-15-6-9-17(10-7-15)22-14-16-4-2-1-3-5-16/h1-11H,12-14,19H2,(H,20,21)/b11-8+. The van der Waals surface area contributed by atoms with Crippen molar-refractivity contribution < 1.29 is 9.53 Å². The molecule has 4 nitrogen and oxygen atoms in total. The van der Waals surface area contributed by atoms with Crippen molar-refractivity contribution in [3.8, 4) is 5.75 Å². The summed E-state index contributed by atoms with van der Waals surface area (Å²) in [6, 6.07) is 17.6. The van der Waals surface area contributed by atoms with E-state index in [1.54, 1.807) is 6.08 Å². The lowest BCUT2D eigenvalue weighted by Gasteiger charge is -2.06. The first kappa shape index (κ1) is 15.8. The number of benzene rings is 2. The van der Waals surface area contributed by atoms with Crippen LogP contribution in [0.25, 0.3) is 6.08 Å². The third-order valence-electron chi connectivity index (χ3n) is 3.00. The van der Waals surface area contributed by atoms with E-state index < -0.39 is 0 Å². The third kappa shape index (κ3) is 5.42. The predicted molar refractivity (Wildman–Crippen MR) is 88.3 cm³/mol. The van der Waals surface area contributed by atoms with Crippen molar-refractivity contribution >= 4 is 12.0 Å². The van der Waals surface area contributed by atoms with Gasteiger partial charge in [0.15, 0.2) is 0 Å². The molecule has 0 radical (unpaired) electrons. The van der Waals surface area contributed by atoms with Crippen LogP contribution >= 0.6 is 0 Å². The Bertz CT molecular complexity index is 607. The molecule has 2 aromatic carbocycles. The van der Waals surface area contributed by atoms with Gasteiger partial charge in [-0.3, -0.25) is 4.79 Å². The van der Waals surface area contributed by atoms with E-state index in [1.165, 1.54) is 6.08 Å². The Hall–Kier alpha value is -2.59. The number of amides is 1. The number of carbonyl (C=O) groups excluding carboxylic acids is 1. The molecule has 114 valence electrons. The van der Waals surface area contributed by atoms with Gasteiger partial charge in [-0.2, -0.15) is 0 Å². The molecule has 2 rings (SSSR count). The maximum Gasteiger partial charge on any atom is 0.244 e. The summed E-state index contributed by atoms with van der Waals surface area (Å²) in [7, 11) is 0. The summed E-state index contributed by atoms with van der Waals surface area (Å²) in [5.74, 6) is 0.656. The molecule has 4 heteroatoms. The first-order valence-electron chi connectivity index (χ1n) is 7.21. The topological polar surface area (TPSA) is 64.3 Å². The molecule has 1 amide bonds. The molecular formula is C18H20N2O2. The van der Waals surface area contributed by atoms with Gasteiger partial charge in [0, 0.05) is 19.2 Å². The van der Waals surface area contributed by atoms with Crippen LogP contribution < -0.4 is 15.8 Å². The molecule has 0 fully saturated rings. The zero-order chi connectivity index (χ0) is 15.6. The zero-order valence-electron chi connectivity index (χ0n) is 12.4. The Morgan fingerprint density at radius 1 is 1.09 bits per heavy atom. The van der Waals surface area contributed by atoms with Gasteiger partial charge < -0.3 is 15.8 Å². The van der Waals surface area contributed by atoms with Crippen LogP contribution in [0.2, 0.25) is 0 Å². The lowest BCUT2D eigenvalue weighted by molar-refractivity contribution is -0.116.